The van der Waals surface area contributed by atoms with Gasteiger partial charge in [-0.15, -0.1) is 0 Å². The lowest BCUT2D eigenvalue weighted by atomic mass is 10.0. The first kappa shape index (κ1) is 25.4. The molecule has 25 heavy (non-hydrogen) atoms. The summed E-state index contributed by atoms with van der Waals surface area (Å²) in [6, 6.07) is 0. The molecule has 0 unspecified atom stereocenters. The van der Waals surface area contributed by atoms with Crippen molar-refractivity contribution >= 4 is 11.8 Å². The van der Waals surface area contributed by atoms with Crippen LogP contribution in [0.15, 0.2) is 0 Å². The highest BCUT2D eigenvalue weighted by molar-refractivity contribution is 7.99. The number of unbranched alkanes of at least 4 members (excludes halogenated alkanes) is 18. The molecule has 0 fully saturated rings. The third kappa shape index (κ3) is 24.4. The second-order valence-corrected chi connectivity index (χ2v) is 9.20. The zero-order chi connectivity index (χ0) is 18.3. The lowest BCUT2D eigenvalue weighted by molar-refractivity contribution is 0.531. The fraction of sp³-hybridized carbons (Fsp3) is 1.00. The molecule has 0 radical (unpaired) electrons. The van der Waals surface area contributed by atoms with E-state index in [1.165, 1.54) is 140 Å². The third-order valence-electron chi connectivity index (χ3n) is 5.28. The molecule has 0 amide bonds. The normalized spacial score (nSPS) is 11.3. The molecule has 0 aliphatic carbocycles. The van der Waals surface area contributed by atoms with Crippen LogP contribution in [-0.4, -0.2) is 11.5 Å². The van der Waals surface area contributed by atoms with E-state index in [9.17, 15) is 0 Å². The Morgan fingerprint density at radius 2 is 0.560 bits per heavy atom. The first-order valence-electron chi connectivity index (χ1n) is 12.0. The monoisotopic (exact) mass is 370 g/mol. The molecule has 0 bridgehead atoms. The molecule has 0 aromatic carbocycles. The van der Waals surface area contributed by atoms with Crippen LogP contribution in [0.3, 0.4) is 0 Å². The van der Waals surface area contributed by atoms with Gasteiger partial charge in [0.05, 0.1) is 0 Å². The Labute approximate surface area is 165 Å². The van der Waals surface area contributed by atoms with E-state index >= 15 is 0 Å². The zero-order valence-electron chi connectivity index (χ0n) is 18.0. The molecule has 0 aromatic heterocycles. The minimum absolute atomic E-state index is 1.36. The van der Waals surface area contributed by atoms with Crippen LogP contribution in [0.1, 0.15) is 142 Å². The fourth-order valence-electron chi connectivity index (χ4n) is 3.49. The van der Waals surface area contributed by atoms with Crippen LogP contribution in [0, 0.1) is 0 Å². The van der Waals surface area contributed by atoms with E-state index in [-0.39, 0.29) is 0 Å². The van der Waals surface area contributed by atoms with Gasteiger partial charge in [-0.05, 0) is 24.3 Å². The molecule has 0 saturated carbocycles. The Kier molecular flexibility index (Phi) is 24.7. The van der Waals surface area contributed by atoms with Crippen molar-refractivity contribution in [2.45, 2.75) is 142 Å². The van der Waals surface area contributed by atoms with Crippen LogP contribution in [0.5, 0.6) is 0 Å². The highest BCUT2D eigenvalue weighted by atomic mass is 32.2. The Bertz CT molecular complexity index is 192. The molecule has 0 heterocycles. The predicted octanol–water partition coefficient (Wildman–Crippen LogP) is 9.56. The predicted molar refractivity (Wildman–Crippen MR) is 121 cm³/mol. The van der Waals surface area contributed by atoms with Crippen LogP contribution in [0.25, 0.3) is 0 Å². The molecule has 0 rings (SSSR count). The van der Waals surface area contributed by atoms with E-state index in [1.54, 1.807) is 0 Å². The van der Waals surface area contributed by atoms with Crippen LogP contribution < -0.4 is 0 Å². The van der Waals surface area contributed by atoms with Crippen molar-refractivity contribution in [2.24, 2.45) is 0 Å². The maximum atomic E-state index is 2.30. The van der Waals surface area contributed by atoms with Crippen LogP contribution in [0.4, 0.5) is 0 Å². The van der Waals surface area contributed by atoms with E-state index in [0.29, 0.717) is 0 Å². The largest absolute Gasteiger partial charge is 0.162 e. The van der Waals surface area contributed by atoms with Gasteiger partial charge < -0.3 is 0 Å². The molecule has 1 heteroatoms. The van der Waals surface area contributed by atoms with Gasteiger partial charge in [0.15, 0.2) is 0 Å². The Morgan fingerprint density at radius 1 is 0.320 bits per heavy atom. The molecule has 0 aliphatic heterocycles. The maximum absolute atomic E-state index is 2.30. The van der Waals surface area contributed by atoms with Gasteiger partial charge in [-0.2, -0.15) is 11.8 Å². The van der Waals surface area contributed by atoms with Gasteiger partial charge in [0.25, 0.3) is 0 Å². The summed E-state index contributed by atoms with van der Waals surface area (Å²) >= 11 is 2.19. The van der Waals surface area contributed by atoms with Gasteiger partial charge in [0, 0.05) is 0 Å². The zero-order valence-corrected chi connectivity index (χ0v) is 18.8. The number of hydrogen-bond donors (Lipinski definition) is 0. The smallest absolute Gasteiger partial charge is 0.00675 e. The van der Waals surface area contributed by atoms with E-state index in [4.69, 9.17) is 0 Å². The van der Waals surface area contributed by atoms with Crippen molar-refractivity contribution < 1.29 is 0 Å². The Balaban J connectivity index is 2.94. The SMILES string of the molecule is CCCCCCCCCCCCCCCCCCSCCCCCC. The van der Waals surface area contributed by atoms with Crippen molar-refractivity contribution in [2.75, 3.05) is 11.5 Å². The lowest BCUT2D eigenvalue weighted by Gasteiger charge is -2.04. The summed E-state index contributed by atoms with van der Waals surface area (Å²) in [4.78, 5) is 0. The maximum Gasteiger partial charge on any atom is -0.00675 e. The van der Waals surface area contributed by atoms with Crippen LogP contribution in [-0.2, 0) is 0 Å². The third-order valence-corrected chi connectivity index (χ3v) is 6.44. The van der Waals surface area contributed by atoms with E-state index in [2.05, 4.69) is 25.6 Å². The van der Waals surface area contributed by atoms with Gasteiger partial charge >= 0.3 is 0 Å². The van der Waals surface area contributed by atoms with Crippen molar-refractivity contribution in [1.82, 2.24) is 0 Å². The fourth-order valence-corrected chi connectivity index (χ4v) is 4.51. The highest BCUT2D eigenvalue weighted by Gasteiger charge is 1.95. The standard InChI is InChI=1S/C24H50S/c1-3-5-7-9-10-11-12-13-14-15-16-17-18-19-20-22-24-25-23-21-8-6-4-2/h3-24H2,1-2H3. The van der Waals surface area contributed by atoms with Gasteiger partial charge in [0.1, 0.15) is 0 Å². The van der Waals surface area contributed by atoms with Crippen LogP contribution >= 0.6 is 11.8 Å². The number of hydrogen-bond acceptors (Lipinski definition) is 1. The molecular formula is C24H50S. The lowest BCUT2D eigenvalue weighted by Crippen LogP contribution is -1.86. The summed E-state index contributed by atoms with van der Waals surface area (Å²) in [5.74, 6) is 2.81. The molecular weight excluding hydrogens is 320 g/mol. The first-order chi connectivity index (χ1) is 12.4. The van der Waals surface area contributed by atoms with Crippen molar-refractivity contribution in [1.29, 1.82) is 0 Å². The summed E-state index contributed by atoms with van der Waals surface area (Å²) < 4.78 is 0. The quantitative estimate of drug-likeness (QED) is 0.171. The summed E-state index contributed by atoms with van der Waals surface area (Å²) in [5.41, 5.74) is 0. The summed E-state index contributed by atoms with van der Waals surface area (Å²) in [7, 11) is 0. The summed E-state index contributed by atoms with van der Waals surface area (Å²) in [6.45, 7) is 4.60. The van der Waals surface area contributed by atoms with Gasteiger partial charge in [0.2, 0.25) is 0 Å². The topological polar surface area (TPSA) is 0 Å². The van der Waals surface area contributed by atoms with Gasteiger partial charge in [-0.25, -0.2) is 0 Å². The van der Waals surface area contributed by atoms with Crippen molar-refractivity contribution in [3.63, 3.8) is 0 Å². The molecule has 0 aliphatic rings. The average Bonchev–Trinajstić information content (AvgIpc) is 2.63. The second-order valence-electron chi connectivity index (χ2n) is 7.98. The number of rotatable bonds is 22. The molecule has 0 nitrogen and oxygen atoms in total. The Hall–Kier alpha value is 0.350. The van der Waals surface area contributed by atoms with Crippen molar-refractivity contribution in [3.8, 4) is 0 Å². The minimum atomic E-state index is 1.36. The number of thioether (sulfide) groups is 1. The van der Waals surface area contributed by atoms with Crippen molar-refractivity contribution in [3.05, 3.63) is 0 Å². The molecule has 0 aromatic rings. The van der Waals surface area contributed by atoms with Crippen LogP contribution in [0.2, 0.25) is 0 Å². The summed E-state index contributed by atoms with van der Waals surface area (Å²) in [6.07, 6.45) is 29.2. The molecule has 0 saturated heterocycles. The Morgan fingerprint density at radius 3 is 0.880 bits per heavy atom. The van der Waals surface area contributed by atoms with Gasteiger partial charge in [-0.3, -0.25) is 0 Å². The summed E-state index contributed by atoms with van der Waals surface area (Å²) in [5, 5.41) is 0. The first-order valence-corrected chi connectivity index (χ1v) is 13.1. The molecule has 0 N–H and O–H groups in total. The molecule has 152 valence electrons. The average molecular weight is 371 g/mol. The highest BCUT2D eigenvalue weighted by Crippen LogP contribution is 2.15. The molecule has 0 atom stereocenters. The van der Waals surface area contributed by atoms with E-state index in [1.807, 2.05) is 0 Å². The minimum Gasteiger partial charge on any atom is -0.162 e. The molecule has 0 spiro atoms. The second kappa shape index (κ2) is 24.4. The van der Waals surface area contributed by atoms with E-state index in [0.717, 1.165) is 0 Å². The van der Waals surface area contributed by atoms with E-state index < -0.39 is 0 Å². The van der Waals surface area contributed by atoms with Gasteiger partial charge in [-0.1, -0.05) is 129 Å².